The highest BCUT2D eigenvalue weighted by atomic mass is 16.1. The summed E-state index contributed by atoms with van der Waals surface area (Å²) in [6.45, 7) is 0. The highest BCUT2D eigenvalue weighted by Crippen LogP contribution is 2.34. The second-order valence-electron chi connectivity index (χ2n) is 4.02. The molecule has 0 saturated heterocycles. The van der Waals surface area contributed by atoms with Crippen molar-refractivity contribution in [3.05, 3.63) is 35.9 Å². The van der Waals surface area contributed by atoms with Gasteiger partial charge < -0.3 is 0 Å². The summed E-state index contributed by atoms with van der Waals surface area (Å²) in [5.41, 5.74) is 1.10. The van der Waals surface area contributed by atoms with Gasteiger partial charge in [-0.1, -0.05) is 36.3 Å². The first kappa shape index (κ1) is 9.98. The van der Waals surface area contributed by atoms with Crippen molar-refractivity contribution >= 4 is 5.78 Å². The van der Waals surface area contributed by atoms with Gasteiger partial charge in [-0.05, 0) is 18.4 Å². The number of benzene rings is 1. The Hall–Kier alpha value is -1.55. The molecule has 1 nitrogen and oxygen atoms in total. The second kappa shape index (κ2) is 4.31. The predicted molar refractivity (Wildman–Crippen MR) is 60.4 cm³/mol. The average Bonchev–Trinajstić information content (AvgIpc) is 2.68. The molecule has 15 heavy (non-hydrogen) atoms. The van der Waals surface area contributed by atoms with E-state index in [0.717, 1.165) is 18.4 Å². The lowest BCUT2D eigenvalue weighted by atomic mass is 9.85. The van der Waals surface area contributed by atoms with Crippen LogP contribution in [0.25, 0.3) is 0 Å². The van der Waals surface area contributed by atoms with Crippen LogP contribution >= 0.6 is 0 Å². The van der Waals surface area contributed by atoms with E-state index >= 15 is 0 Å². The van der Waals surface area contributed by atoms with E-state index in [1.54, 1.807) is 0 Å². The van der Waals surface area contributed by atoms with E-state index in [9.17, 15) is 4.79 Å². The van der Waals surface area contributed by atoms with Gasteiger partial charge in [-0.3, -0.25) is 4.79 Å². The molecule has 0 aromatic heterocycles. The summed E-state index contributed by atoms with van der Waals surface area (Å²) in [6, 6.07) is 9.93. The number of rotatable bonds is 2. The van der Waals surface area contributed by atoms with Crippen LogP contribution < -0.4 is 0 Å². The first-order valence-corrected chi connectivity index (χ1v) is 5.36. The van der Waals surface area contributed by atoms with E-state index in [-0.39, 0.29) is 11.8 Å². The minimum atomic E-state index is -0.0267. The van der Waals surface area contributed by atoms with Crippen LogP contribution in [0.2, 0.25) is 0 Å². The van der Waals surface area contributed by atoms with Crippen molar-refractivity contribution < 1.29 is 4.79 Å². The summed E-state index contributed by atoms with van der Waals surface area (Å²) in [4.78, 5) is 11.7. The molecule has 1 aromatic rings. The van der Waals surface area contributed by atoms with Crippen molar-refractivity contribution in [3.63, 3.8) is 0 Å². The largest absolute Gasteiger partial charge is 0.299 e. The van der Waals surface area contributed by atoms with Gasteiger partial charge in [0.2, 0.25) is 0 Å². The molecule has 0 heterocycles. The number of carbonyl (C=O) groups is 1. The number of hydrogen-bond acceptors (Lipinski definition) is 1. The summed E-state index contributed by atoms with van der Waals surface area (Å²) >= 11 is 0. The van der Waals surface area contributed by atoms with Crippen LogP contribution in [0.15, 0.2) is 30.3 Å². The van der Waals surface area contributed by atoms with Gasteiger partial charge in [0.25, 0.3) is 0 Å². The fourth-order valence-electron chi connectivity index (χ4n) is 2.30. The molecule has 1 aliphatic carbocycles. The Morgan fingerprint density at radius 3 is 2.60 bits per heavy atom. The number of Topliss-reactive ketones (excluding diaryl/α,β-unsaturated/α-hetero) is 1. The van der Waals surface area contributed by atoms with Crippen LogP contribution in [0.4, 0.5) is 0 Å². The van der Waals surface area contributed by atoms with Crippen molar-refractivity contribution in [2.75, 3.05) is 0 Å². The molecule has 1 fully saturated rings. The van der Waals surface area contributed by atoms with Crippen molar-refractivity contribution in [2.45, 2.75) is 25.2 Å². The molecule has 0 radical (unpaired) electrons. The Morgan fingerprint density at radius 2 is 2.07 bits per heavy atom. The van der Waals surface area contributed by atoms with E-state index in [0.29, 0.717) is 12.2 Å². The van der Waals surface area contributed by atoms with E-state index in [1.165, 1.54) is 0 Å². The Morgan fingerprint density at radius 1 is 1.33 bits per heavy atom. The first-order chi connectivity index (χ1) is 7.33. The molecule has 0 N–H and O–H groups in total. The Balaban J connectivity index is 2.26. The topological polar surface area (TPSA) is 17.1 Å². The Labute approximate surface area is 90.5 Å². The van der Waals surface area contributed by atoms with Crippen molar-refractivity contribution in [3.8, 4) is 12.3 Å². The molecule has 0 spiro atoms. The lowest BCUT2D eigenvalue weighted by Gasteiger charge is -2.16. The minimum absolute atomic E-state index is 0.0267. The second-order valence-corrected chi connectivity index (χ2v) is 4.02. The maximum Gasteiger partial charge on any atom is 0.137 e. The van der Waals surface area contributed by atoms with Gasteiger partial charge in [0, 0.05) is 12.3 Å². The maximum atomic E-state index is 11.7. The third kappa shape index (κ3) is 1.94. The van der Waals surface area contributed by atoms with E-state index in [2.05, 4.69) is 5.92 Å². The lowest BCUT2D eigenvalue weighted by molar-refractivity contribution is -0.120. The van der Waals surface area contributed by atoms with Gasteiger partial charge in [0.05, 0.1) is 5.92 Å². The molecular formula is C14H14O. The summed E-state index contributed by atoms with van der Waals surface area (Å²) < 4.78 is 0. The molecule has 2 rings (SSSR count). The molecule has 2 atom stereocenters. The highest BCUT2D eigenvalue weighted by molar-refractivity contribution is 5.84. The third-order valence-corrected chi connectivity index (χ3v) is 3.09. The average molecular weight is 198 g/mol. The summed E-state index contributed by atoms with van der Waals surface area (Å²) in [5.74, 6) is 3.13. The molecule has 1 saturated carbocycles. The molecule has 0 bridgehead atoms. The van der Waals surface area contributed by atoms with Gasteiger partial charge in [0.1, 0.15) is 5.78 Å². The molecule has 0 amide bonds. The summed E-state index contributed by atoms with van der Waals surface area (Å²) in [7, 11) is 0. The highest BCUT2D eigenvalue weighted by Gasteiger charge is 2.31. The van der Waals surface area contributed by atoms with E-state index < -0.39 is 0 Å². The molecule has 1 heteroatoms. The maximum absolute atomic E-state index is 11.7. The van der Waals surface area contributed by atoms with Crippen LogP contribution in [0.3, 0.4) is 0 Å². The van der Waals surface area contributed by atoms with Crippen LogP contribution in [0, 0.1) is 18.3 Å². The number of carbonyl (C=O) groups excluding carboxylic acids is 1. The predicted octanol–water partition coefficient (Wildman–Crippen LogP) is 2.77. The van der Waals surface area contributed by atoms with Crippen molar-refractivity contribution in [2.24, 2.45) is 5.92 Å². The van der Waals surface area contributed by atoms with Gasteiger partial charge in [0.15, 0.2) is 0 Å². The third-order valence-electron chi connectivity index (χ3n) is 3.09. The van der Waals surface area contributed by atoms with Crippen molar-refractivity contribution in [1.29, 1.82) is 0 Å². The smallest absolute Gasteiger partial charge is 0.137 e. The zero-order valence-corrected chi connectivity index (χ0v) is 8.65. The van der Waals surface area contributed by atoms with Crippen LogP contribution in [0.5, 0.6) is 0 Å². The number of ketones is 1. The fourth-order valence-corrected chi connectivity index (χ4v) is 2.30. The van der Waals surface area contributed by atoms with Gasteiger partial charge in [-0.25, -0.2) is 0 Å². The number of hydrogen-bond donors (Lipinski definition) is 0. The molecule has 1 aliphatic rings. The van der Waals surface area contributed by atoms with Crippen LogP contribution in [-0.2, 0) is 4.79 Å². The first-order valence-electron chi connectivity index (χ1n) is 5.36. The standard InChI is InChI=1S/C14H14O/c1-2-12(11-7-4-3-5-8-11)13-9-6-10-14(13)15/h1,3-5,7-8,12-13H,6,9-10H2. The SMILES string of the molecule is C#CC(c1ccccc1)C1CCCC1=O. The van der Waals surface area contributed by atoms with Gasteiger partial charge >= 0.3 is 0 Å². The zero-order chi connectivity index (χ0) is 10.7. The molecule has 0 aliphatic heterocycles. The van der Waals surface area contributed by atoms with Gasteiger partial charge in [-0.2, -0.15) is 0 Å². The quantitative estimate of drug-likeness (QED) is 0.668. The number of terminal acetylenes is 1. The molecule has 76 valence electrons. The lowest BCUT2D eigenvalue weighted by Crippen LogP contribution is -2.15. The Bertz CT molecular complexity index is 386. The Kier molecular flexibility index (Phi) is 2.87. The van der Waals surface area contributed by atoms with Crippen LogP contribution in [-0.4, -0.2) is 5.78 Å². The summed E-state index contributed by atoms with van der Waals surface area (Å²) in [5, 5.41) is 0. The molecule has 1 aromatic carbocycles. The minimum Gasteiger partial charge on any atom is -0.299 e. The molecular weight excluding hydrogens is 184 g/mol. The fraction of sp³-hybridized carbons (Fsp3) is 0.357. The van der Waals surface area contributed by atoms with Crippen LogP contribution in [0.1, 0.15) is 30.7 Å². The normalized spacial score (nSPS) is 22.3. The summed E-state index contributed by atoms with van der Waals surface area (Å²) in [6.07, 6.45) is 8.19. The molecule has 2 unspecified atom stereocenters. The zero-order valence-electron chi connectivity index (χ0n) is 8.65. The van der Waals surface area contributed by atoms with Crippen molar-refractivity contribution in [1.82, 2.24) is 0 Å². The monoisotopic (exact) mass is 198 g/mol. The van der Waals surface area contributed by atoms with E-state index in [1.807, 2.05) is 30.3 Å². The van der Waals surface area contributed by atoms with E-state index in [4.69, 9.17) is 6.42 Å². The van der Waals surface area contributed by atoms with Gasteiger partial charge in [-0.15, -0.1) is 6.42 Å².